The highest BCUT2D eigenvalue weighted by Gasteiger charge is 2.26. The van der Waals surface area contributed by atoms with Crippen molar-refractivity contribution in [1.82, 2.24) is 20.0 Å². The predicted octanol–water partition coefficient (Wildman–Crippen LogP) is 3.15. The number of aromatic nitrogens is 3. The van der Waals surface area contributed by atoms with Crippen molar-refractivity contribution in [3.63, 3.8) is 0 Å². The highest BCUT2D eigenvalue weighted by atomic mass is 16.5. The first-order chi connectivity index (χ1) is 13.7. The van der Waals surface area contributed by atoms with E-state index in [1.54, 1.807) is 6.20 Å². The molecule has 1 atom stereocenters. The number of hydrogen-bond donors (Lipinski definition) is 0. The zero-order chi connectivity index (χ0) is 19.3. The predicted molar refractivity (Wildman–Crippen MR) is 103 cm³/mol. The van der Waals surface area contributed by atoms with Gasteiger partial charge < -0.3 is 14.2 Å². The van der Waals surface area contributed by atoms with Crippen LogP contribution >= 0.6 is 0 Å². The first-order valence-corrected chi connectivity index (χ1v) is 10.3. The number of likely N-dealkylation sites (tertiary alicyclic amines) is 1. The SMILES string of the molecule is Cc1ncccc1C(=O)N1CCCC(CCc2noc(C3CCOCC3)n2)C1. The fraction of sp³-hybridized carbons (Fsp3) is 0.619. The van der Waals surface area contributed by atoms with Crippen LogP contribution in [0.2, 0.25) is 0 Å². The standard InChI is InChI=1S/C21H28N4O3/c1-15-18(5-2-10-22-15)21(26)25-11-3-4-16(14-25)6-7-19-23-20(28-24-19)17-8-12-27-13-9-17/h2,5,10,16-17H,3-4,6-9,11-14H2,1H3. The van der Waals surface area contributed by atoms with E-state index in [9.17, 15) is 4.79 Å². The summed E-state index contributed by atoms with van der Waals surface area (Å²) in [5.74, 6) is 2.44. The highest BCUT2D eigenvalue weighted by Crippen LogP contribution is 2.26. The van der Waals surface area contributed by atoms with Crippen LogP contribution in [0.1, 0.15) is 65.8 Å². The molecule has 0 radical (unpaired) electrons. The number of aryl methyl sites for hydroxylation is 2. The molecule has 2 aliphatic heterocycles. The lowest BCUT2D eigenvalue weighted by molar-refractivity contribution is 0.0666. The average Bonchev–Trinajstić information content (AvgIpc) is 3.22. The molecule has 2 fully saturated rings. The summed E-state index contributed by atoms with van der Waals surface area (Å²) in [7, 11) is 0. The molecule has 150 valence electrons. The molecule has 0 aromatic carbocycles. The Hall–Kier alpha value is -2.28. The molecule has 1 unspecified atom stereocenters. The molecule has 2 aliphatic rings. The van der Waals surface area contributed by atoms with Gasteiger partial charge in [-0.3, -0.25) is 9.78 Å². The molecule has 0 spiro atoms. The molecule has 0 saturated carbocycles. The van der Waals surface area contributed by atoms with Gasteiger partial charge in [0.25, 0.3) is 5.91 Å². The monoisotopic (exact) mass is 384 g/mol. The minimum absolute atomic E-state index is 0.0941. The molecule has 4 heterocycles. The summed E-state index contributed by atoms with van der Waals surface area (Å²) in [6.07, 6.45) is 7.58. The van der Waals surface area contributed by atoms with Crippen molar-refractivity contribution < 1.29 is 14.1 Å². The number of pyridine rings is 1. The van der Waals surface area contributed by atoms with Gasteiger partial charge in [-0.2, -0.15) is 4.98 Å². The fourth-order valence-electron chi connectivity index (χ4n) is 4.18. The third kappa shape index (κ3) is 4.41. The Labute approximate surface area is 165 Å². The maximum atomic E-state index is 12.9. The van der Waals surface area contributed by atoms with E-state index in [-0.39, 0.29) is 5.91 Å². The molecule has 0 N–H and O–H groups in total. The fourth-order valence-corrected chi connectivity index (χ4v) is 4.18. The Morgan fingerprint density at radius 2 is 2.14 bits per heavy atom. The second-order valence-corrected chi connectivity index (χ2v) is 7.87. The third-order valence-electron chi connectivity index (χ3n) is 5.87. The van der Waals surface area contributed by atoms with Gasteiger partial charge in [0, 0.05) is 50.5 Å². The Morgan fingerprint density at radius 1 is 1.29 bits per heavy atom. The maximum absolute atomic E-state index is 12.9. The first kappa shape index (κ1) is 19.1. The van der Waals surface area contributed by atoms with Gasteiger partial charge in [-0.25, -0.2) is 0 Å². The second kappa shape index (κ2) is 8.82. The van der Waals surface area contributed by atoms with E-state index in [0.29, 0.717) is 17.4 Å². The molecule has 4 rings (SSSR count). The van der Waals surface area contributed by atoms with Crippen LogP contribution in [-0.2, 0) is 11.2 Å². The molecule has 28 heavy (non-hydrogen) atoms. The Balaban J connectivity index is 1.31. The molecular formula is C21H28N4O3. The van der Waals surface area contributed by atoms with Crippen LogP contribution in [0.4, 0.5) is 0 Å². The van der Waals surface area contributed by atoms with E-state index >= 15 is 0 Å². The molecular weight excluding hydrogens is 356 g/mol. The van der Waals surface area contributed by atoms with Crippen LogP contribution < -0.4 is 0 Å². The molecule has 7 nitrogen and oxygen atoms in total. The summed E-state index contributed by atoms with van der Waals surface area (Å²) >= 11 is 0. The molecule has 7 heteroatoms. The largest absolute Gasteiger partial charge is 0.381 e. The number of rotatable bonds is 5. The van der Waals surface area contributed by atoms with Gasteiger partial charge in [-0.15, -0.1) is 0 Å². The Kier molecular flexibility index (Phi) is 6.00. The van der Waals surface area contributed by atoms with Gasteiger partial charge in [-0.1, -0.05) is 5.16 Å². The van der Waals surface area contributed by atoms with Gasteiger partial charge in [0.2, 0.25) is 5.89 Å². The van der Waals surface area contributed by atoms with Gasteiger partial charge in [0.1, 0.15) is 0 Å². The van der Waals surface area contributed by atoms with Crippen molar-refractivity contribution >= 4 is 5.91 Å². The Morgan fingerprint density at radius 3 is 2.96 bits per heavy atom. The van der Waals surface area contributed by atoms with E-state index in [1.165, 1.54) is 0 Å². The normalized spacial score (nSPS) is 21.0. The summed E-state index contributed by atoms with van der Waals surface area (Å²) in [5.41, 5.74) is 1.50. The van der Waals surface area contributed by atoms with Crippen molar-refractivity contribution in [3.05, 3.63) is 41.3 Å². The summed E-state index contributed by atoms with van der Waals surface area (Å²) in [4.78, 5) is 23.7. The Bertz CT molecular complexity index is 800. The molecule has 0 bridgehead atoms. The molecule has 2 saturated heterocycles. The zero-order valence-corrected chi connectivity index (χ0v) is 16.5. The van der Waals surface area contributed by atoms with E-state index in [1.807, 2.05) is 24.0 Å². The van der Waals surface area contributed by atoms with Gasteiger partial charge >= 0.3 is 0 Å². The lowest BCUT2D eigenvalue weighted by Gasteiger charge is -2.33. The third-order valence-corrected chi connectivity index (χ3v) is 5.87. The number of piperidine rings is 1. The molecule has 0 aliphatic carbocycles. The highest BCUT2D eigenvalue weighted by molar-refractivity contribution is 5.95. The second-order valence-electron chi connectivity index (χ2n) is 7.87. The van der Waals surface area contributed by atoms with E-state index in [4.69, 9.17) is 9.26 Å². The van der Waals surface area contributed by atoms with E-state index < -0.39 is 0 Å². The number of ether oxygens (including phenoxy) is 1. The molecule has 1 amide bonds. The van der Waals surface area contributed by atoms with Crippen LogP contribution in [0.3, 0.4) is 0 Å². The summed E-state index contributed by atoms with van der Waals surface area (Å²) in [5, 5.41) is 4.17. The number of hydrogen-bond acceptors (Lipinski definition) is 6. The number of carbonyl (C=O) groups is 1. The van der Waals surface area contributed by atoms with Crippen LogP contribution in [0.25, 0.3) is 0 Å². The zero-order valence-electron chi connectivity index (χ0n) is 16.5. The minimum Gasteiger partial charge on any atom is -0.381 e. The summed E-state index contributed by atoms with van der Waals surface area (Å²) in [6, 6.07) is 3.69. The van der Waals surface area contributed by atoms with Crippen molar-refractivity contribution in [2.24, 2.45) is 5.92 Å². The van der Waals surface area contributed by atoms with Crippen molar-refractivity contribution in [1.29, 1.82) is 0 Å². The maximum Gasteiger partial charge on any atom is 0.255 e. The number of amides is 1. The smallest absolute Gasteiger partial charge is 0.255 e. The van der Waals surface area contributed by atoms with Crippen molar-refractivity contribution in [3.8, 4) is 0 Å². The summed E-state index contributed by atoms with van der Waals surface area (Å²) < 4.78 is 10.9. The topological polar surface area (TPSA) is 81.4 Å². The average molecular weight is 384 g/mol. The summed E-state index contributed by atoms with van der Waals surface area (Å²) in [6.45, 7) is 5.04. The van der Waals surface area contributed by atoms with Gasteiger partial charge in [0.15, 0.2) is 5.82 Å². The van der Waals surface area contributed by atoms with Crippen LogP contribution in [-0.4, -0.2) is 52.2 Å². The van der Waals surface area contributed by atoms with Crippen molar-refractivity contribution in [2.45, 2.75) is 51.4 Å². The minimum atomic E-state index is 0.0941. The van der Waals surface area contributed by atoms with Crippen molar-refractivity contribution in [2.75, 3.05) is 26.3 Å². The first-order valence-electron chi connectivity index (χ1n) is 10.3. The number of carbonyl (C=O) groups excluding carboxylic acids is 1. The molecule has 2 aromatic heterocycles. The quantitative estimate of drug-likeness (QED) is 0.788. The van der Waals surface area contributed by atoms with Gasteiger partial charge in [0.05, 0.1) is 5.56 Å². The van der Waals surface area contributed by atoms with E-state index in [0.717, 1.165) is 82.2 Å². The van der Waals surface area contributed by atoms with E-state index in [2.05, 4.69) is 15.1 Å². The van der Waals surface area contributed by atoms with Crippen LogP contribution in [0.5, 0.6) is 0 Å². The lowest BCUT2D eigenvalue weighted by Crippen LogP contribution is -2.40. The lowest BCUT2D eigenvalue weighted by atomic mass is 9.92. The number of nitrogens with zero attached hydrogens (tertiary/aromatic N) is 4. The van der Waals surface area contributed by atoms with Crippen LogP contribution in [0.15, 0.2) is 22.9 Å². The van der Waals surface area contributed by atoms with Gasteiger partial charge in [-0.05, 0) is 57.1 Å². The van der Waals surface area contributed by atoms with Crippen LogP contribution in [0, 0.1) is 12.8 Å². The molecule has 2 aromatic rings.